The number of hydrogen-bond acceptors (Lipinski definition) is 5. The topological polar surface area (TPSA) is 89.1 Å². The summed E-state index contributed by atoms with van der Waals surface area (Å²) in [5, 5.41) is 19.5. The van der Waals surface area contributed by atoms with Crippen molar-refractivity contribution in [3.05, 3.63) is 57.3 Å². The van der Waals surface area contributed by atoms with Crippen LogP contribution in [0.5, 0.6) is 11.6 Å². The molecule has 0 aliphatic rings. The Hall–Kier alpha value is -3.08. The number of nitrogens with zero attached hydrogens (tertiary/aromatic N) is 3. The molecule has 1 aromatic carbocycles. The van der Waals surface area contributed by atoms with Gasteiger partial charge in [-0.25, -0.2) is 9.37 Å². The van der Waals surface area contributed by atoms with Crippen LogP contribution in [0.3, 0.4) is 0 Å². The summed E-state index contributed by atoms with van der Waals surface area (Å²) in [6.45, 7) is 1.62. The number of nitriles is 1. The van der Waals surface area contributed by atoms with Gasteiger partial charge in [-0.2, -0.15) is 9.65 Å². The Kier molecular flexibility index (Phi) is 3.75. The molecule has 8 heteroatoms. The first kappa shape index (κ1) is 14.3. The summed E-state index contributed by atoms with van der Waals surface area (Å²) in [5.74, 6) is -3.17. The quantitative estimate of drug-likeness (QED) is 0.639. The summed E-state index contributed by atoms with van der Waals surface area (Å²) in [7, 11) is 0. The van der Waals surface area contributed by atoms with Gasteiger partial charge in [-0.1, -0.05) is 0 Å². The maximum atomic E-state index is 13.7. The number of hydrogen-bond donors (Lipinski definition) is 0. The number of nitro groups is 1. The minimum absolute atomic E-state index is 0.0654. The first-order valence-corrected chi connectivity index (χ1v) is 5.61. The first-order chi connectivity index (χ1) is 9.93. The van der Waals surface area contributed by atoms with Crippen LogP contribution in [-0.2, 0) is 0 Å². The summed E-state index contributed by atoms with van der Waals surface area (Å²) >= 11 is 0. The zero-order valence-corrected chi connectivity index (χ0v) is 10.6. The Balaban J connectivity index is 2.47. The molecule has 0 amide bonds. The van der Waals surface area contributed by atoms with Gasteiger partial charge in [-0.3, -0.25) is 10.1 Å². The van der Waals surface area contributed by atoms with Crippen LogP contribution in [-0.4, -0.2) is 9.91 Å². The van der Waals surface area contributed by atoms with E-state index in [-0.39, 0.29) is 11.4 Å². The van der Waals surface area contributed by atoms with Gasteiger partial charge in [0.2, 0.25) is 11.7 Å². The molecule has 0 radical (unpaired) electrons. The van der Waals surface area contributed by atoms with E-state index >= 15 is 0 Å². The van der Waals surface area contributed by atoms with Gasteiger partial charge < -0.3 is 4.74 Å². The summed E-state index contributed by atoms with van der Waals surface area (Å²) in [6, 6.07) is 4.34. The van der Waals surface area contributed by atoms with Crippen LogP contribution in [0.1, 0.15) is 11.1 Å². The molecule has 0 N–H and O–H groups in total. The fraction of sp³-hybridized carbons (Fsp3) is 0.0769. The molecule has 1 aromatic heterocycles. The molecule has 0 atom stereocenters. The number of nitro benzene ring substituents is 1. The number of rotatable bonds is 3. The second-order valence-corrected chi connectivity index (χ2v) is 4.01. The molecular weight excluding hydrogens is 284 g/mol. The zero-order valence-electron chi connectivity index (χ0n) is 10.6. The summed E-state index contributed by atoms with van der Waals surface area (Å²) in [4.78, 5) is 13.2. The standard InChI is InChI=1S/C13H7F2N3O3/c1-7-2-3-17-13(8(7)6-16)21-12-5-9(14)11(18(19)20)4-10(12)15/h2-5H,1H3. The van der Waals surface area contributed by atoms with E-state index in [9.17, 15) is 18.9 Å². The minimum atomic E-state index is -1.25. The van der Waals surface area contributed by atoms with Crippen molar-refractivity contribution in [1.82, 2.24) is 4.98 Å². The fourth-order valence-electron chi connectivity index (χ4n) is 1.59. The Morgan fingerprint density at radius 2 is 2.10 bits per heavy atom. The number of ether oxygens (including phenoxy) is 1. The lowest BCUT2D eigenvalue weighted by Crippen LogP contribution is -1.99. The van der Waals surface area contributed by atoms with Gasteiger partial charge in [0.25, 0.3) is 0 Å². The van der Waals surface area contributed by atoms with Crippen LogP contribution >= 0.6 is 0 Å². The summed E-state index contributed by atoms with van der Waals surface area (Å²) in [5.41, 5.74) is -0.390. The van der Waals surface area contributed by atoms with E-state index < -0.39 is 28.0 Å². The third kappa shape index (κ3) is 2.76. The largest absolute Gasteiger partial charge is 0.434 e. The van der Waals surface area contributed by atoms with Crippen molar-refractivity contribution in [3.63, 3.8) is 0 Å². The third-order valence-corrected chi connectivity index (χ3v) is 2.64. The maximum Gasteiger partial charge on any atom is 0.307 e. The van der Waals surface area contributed by atoms with E-state index in [2.05, 4.69) is 4.98 Å². The molecule has 0 bridgehead atoms. The Morgan fingerprint density at radius 1 is 1.38 bits per heavy atom. The second-order valence-electron chi connectivity index (χ2n) is 4.01. The van der Waals surface area contributed by atoms with Crippen LogP contribution in [0.25, 0.3) is 0 Å². The summed E-state index contributed by atoms with van der Waals surface area (Å²) < 4.78 is 32.2. The van der Waals surface area contributed by atoms with Crippen molar-refractivity contribution in [2.45, 2.75) is 6.92 Å². The van der Waals surface area contributed by atoms with E-state index in [1.807, 2.05) is 6.07 Å². The highest BCUT2D eigenvalue weighted by Crippen LogP contribution is 2.31. The normalized spacial score (nSPS) is 10.0. The Bertz CT molecular complexity index is 772. The zero-order chi connectivity index (χ0) is 15.6. The fourth-order valence-corrected chi connectivity index (χ4v) is 1.59. The summed E-state index contributed by atoms with van der Waals surface area (Å²) in [6.07, 6.45) is 1.34. The minimum Gasteiger partial charge on any atom is -0.434 e. The van der Waals surface area contributed by atoms with Gasteiger partial charge >= 0.3 is 5.69 Å². The molecule has 0 unspecified atom stereocenters. The lowest BCUT2D eigenvalue weighted by molar-refractivity contribution is -0.387. The molecule has 0 spiro atoms. The second kappa shape index (κ2) is 5.50. The lowest BCUT2D eigenvalue weighted by atomic mass is 10.2. The number of pyridine rings is 1. The molecule has 2 aromatic rings. The van der Waals surface area contributed by atoms with E-state index in [0.717, 1.165) is 0 Å². The highest BCUT2D eigenvalue weighted by atomic mass is 19.1. The van der Waals surface area contributed by atoms with Crippen molar-refractivity contribution in [2.75, 3.05) is 0 Å². The van der Waals surface area contributed by atoms with E-state index in [4.69, 9.17) is 10.00 Å². The van der Waals surface area contributed by atoms with Crippen LogP contribution < -0.4 is 4.74 Å². The van der Waals surface area contributed by atoms with Gasteiger partial charge in [0, 0.05) is 12.3 Å². The molecule has 0 saturated carbocycles. The maximum absolute atomic E-state index is 13.7. The predicted molar refractivity (Wildman–Crippen MR) is 66.8 cm³/mol. The monoisotopic (exact) mass is 291 g/mol. The van der Waals surface area contributed by atoms with Crippen LogP contribution in [0, 0.1) is 40.0 Å². The molecule has 0 aliphatic carbocycles. The van der Waals surface area contributed by atoms with Gasteiger partial charge in [-0.05, 0) is 18.6 Å². The number of halogens is 2. The van der Waals surface area contributed by atoms with E-state index in [1.165, 1.54) is 6.20 Å². The number of aromatic nitrogens is 1. The smallest absolute Gasteiger partial charge is 0.307 e. The number of benzene rings is 1. The van der Waals surface area contributed by atoms with Crippen molar-refractivity contribution < 1.29 is 18.4 Å². The van der Waals surface area contributed by atoms with E-state index in [0.29, 0.717) is 17.7 Å². The molecule has 21 heavy (non-hydrogen) atoms. The molecule has 0 fully saturated rings. The van der Waals surface area contributed by atoms with Gasteiger partial charge in [0.1, 0.15) is 11.6 Å². The lowest BCUT2D eigenvalue weighted by Gasteiger charge is -2.08. The van der Waals surface area contributed by atoms with Crippen molar-refractivity contribution >= 4 is 5.69 Å². The van der Waals surface area contributed by atoms with Crippen LogP contribution in [0.15, 0.2) is 24.4 Å². The van der Waals surface area contributed by atoms with Crippen LogP contribution in [0.4, 0.5) is 14.5 Å². The van der Waals surface area contributed by atoms with Gasteiger partial charge in [0.15, 0.2) is 11.6 Å². The average molecular weight is 291 g/mol. The molecular formula is C13H7F2N3O3. The third-order valence-electron chi connectivity index (χ3n) is 2.64. The molecule has 0 saturated heterocycles. The van der Waals surface area contributed by atoms with Gasteiger partial charge in [0.05, 0.1) is 11.0 Å². The first-order valence-electron chi connectivity index (χ1n) is 5.61. The number of aryl methyl sites for hydroxylation is 1. The Labute approximate surface area is 117 Å². The molecule has 106 valence electrons. The molecule has 0 aliphatic heterocycles. The molecule has 2 rings (SSSR count). The van der Waals surface area contributed by atoms with Crippen molar-refractivity contribution in [2.24, 2.45) is 0 Å². The highest BCUT2D eigenvalue weighted by molar-refractivity contribution is 5.47. The predicted octanol–water partition coefficient (Wildman–Crippen LogP) is 3.24. The van der Waals surface area contributed by atoms with Crippen molar-refractivity contribution in [1.29, 1.82) is 5.26 Å². The van der Waals surface area contributed by atoms with Crippen molar-refractivity contribution in [3.8, 4) is 17.7 Å². The van der Waals surface area contributed by atoms with E-state index in [1.54, 1.807) is 13.0 Å². The molecule has 1 heterocycles. The molecule has 6 nitrogen and oxygen atoms in total. The van der Waals surface area contributed by atoms with Gasteiger partial charge in [-0.15, -0.1) is 0 Å². The Morgan fingerprint density at radius 3 is 2.71 bits per heavy atom. The average Bonchev–Trinajstić information content (AvgIpc) is 2.42. The SMILES string of the molecule is Cc1ccnc(Oc2cc(F)c([N+](=O)[O-])cc2F)c1C#N. The van der Waals surface area contributed by atoms with Crippen LogP contribution in [0.2, 0.25) is 0 Å². The highest BCUT2D eigenvalue weighted by Gasteiger charge is 2.21.